The van der Waals surface area contributed by atoms with Gasteiger partial charge in [-0.3, -0.25) is 4.79 Å². The molecule has 112 valence electrons. The van der Waals surface area contributed by atoms with Crippen LogP contribution in [0.25, 0.3) is 0 Å². The van der Waals surface area contributed by atoms with Crippen molar-refractivity contribution in [2.75, 3.05) is 19.4 Å². The van der Waals surface area contributed by atoms with Crippen LogP contribution in [0.1, 0.15) is 33.1 Å². The number of carbonyl (C=O) groups excluding carboxylic acids is 1. The standard InChI is InChI=1S/C14H23N3O2S/c1-4-8-17-14(2,12(18)19-3)7-5-11-20-13-15-9-6-10-16-13/h6,9-10,17H,4-5,7-8,11H2,1-3H3. The second kappa shape index (κ2) is 8.92. The first kappa shape index (κ1) is 16.9. The first-order chi connectivity index (χ1) is 9.62. The number of methoxy groups -OCH3 is 1. The van der Waals surface area contributed by atoms with Gasteiger partial charge >= 0.3 is 5.97 Å². The zero-order valence-corrected chi connectivity index (χ0v) is 13.2. The van der Waals surface area contributed by atoms with Gasteiger partial charge in [-0.05, 0) is 38.8 Å². The van der Waals surface area contributed by atoms with Gasteiger partial charge in [0, 0.05) is 18.1 Å². The van der Waals surface area contributed by atoms with Gasteiger partial charge in [-0.25, -0.2) is 9.97 Å². The highest BCUT2D eigenvalue weighted by Gasteiger charge is 2.32. The Morgan fingerprint density at radius 2 is 2.15 bits per heavy atom. The normalized spacial score (nSPS) is 13.8. The molecule has 1 atom stereocenters. The molecule has 0 radical (unpaired) electrons. The second-order valence-corrected chi connectivity index (χ2v) is 5.80. The van der Waals surface area contributed by atoms with Gasteiger partial charge in [0.15, 0.2) is 5.16 Å². The summed E-state index contributed by atoms with van der Waals surface area (Å²) >= 11 is 1.60. The molecule has 0 bridgehead atoms. The molecular weight excluding hydrogens is 274 g/mol. The Bertz CT molecular complexity index is 403. The van der Waals surface area contributed by atoms with Crippen molar-refractivity contribution in [3.8, 4) is 0 Å². The molecule has 1 aromatic heterocycles. The Labute approximate surface area is 124 Å². The van der Waals surface area contributed by atoms with Crippen LogP contribution in [-0.4, -0.2) is 40.9 Å². The van der Waals surface area contributed by atoms with E-state index >= 15 is 0 Å². The maximum atomic E-state index is 11.9. The van der Waals surface area contributed by atoms with Crippen molar-refractivity contribution >= 4 is 17.7 Å². The third kappa shape index (κ3) is 5.46. The highest BCUT2D eigenvalue weighted by atomic mass is 32.2. The van der Waals surface area contributed by atoms with Crippen LogP contribution in [0.3, 0.4) is 0 Å². The lowest BCUT2D eigenvalue weighted by Crippen LogP contribution is -2.50. The van der Waals surface area contributed by atoms with Gasteiger partial charge in [-0.1, -0.05) is 18.7 Å². The molecule has 1 unspecified atom stereocenters. The first-order valence-electron chi connectivity index (χ1n) is 6.85. The monoisotopic (exact) mass is 297 g/mol. The van der Waals surface area contributed by atoms with Crippen molar-refractivity contribution in [2.24, 2.45) is 0 Å². The van der Waals surface area contributed by atoms with Crippen molar-refractivity contribution in [3.63, 3.8) is 0 Å². The molecule has 0 fully saturated rings. The summed E-state index contributed by atoms with van der Waals surface area (Å²) in [4.78, 5) is 20.2. The molecular formula is C14H23N3O2S. The number of ether oxygens (including phenoxy) is 1. The molecule has 0 aromatic carbocycles. The van der Waals surface area contributed by atoms with Gasteiger partial charge in [-0.2, -0.15) is 0 Å². The topological polar surface area (TPSA) is 64.1 Å². The van der Waals surface area contributed by atoms with Gasteiger partial charge in [-0.15, -0.1) is 0 Å². The molecule has 1 rings (SSSR count). The molecule has 0 aliphatic carbocycles. The summed E-state index contributed by atoms with van der Waals surface area (Å²) in [7, 11) is 1.43. The van der Waals surface area contributed by atoms with Gasteiger partial charge in [0.2, 0.25) is 0 Å². The Hall–Kier alpha value is -1.14. The predicted molar refractivity (Wildman–Crippen MR) is 80.7 cm³/mol. The van der Waals surface area contributed by atoms with Crippen molar-refractivity contribution in [3.05, 3.63) is 18.5 Å². The number of rotatable bonds is 9. The van der Waals surface area contributed by atoms with Crippen LogP contribution in [0.15, 0.2) is 23.6 Å². The largest absolute Gasteiger partial charge is 0.468 e. The van der Waals surface area contributed by atoms with Crippen LogP contribution in [0.2, 0.25) is 0 Å². The van der Waals surface area contributed by atoms with Crippen LogP contribution in [-0.2, 0) is 9.53 Å². The molecule has 0 aliphatic rings. The zero-order chi connectivity index (χ0) is 14.8. The Kier molecular flexibility index (Phi) is 7.54. The maximum Gasteiger partial charge on any atom is 0.325 e. The van der Waals surface area contributed by atoms with E-state index in [2.05, 4.69) is 22.2 Å². The molecule has 20 heavy (non-hydrogen) atoms. The minimum Gasteiger partial charge on any atom is -0.468 e. The second-order valence-electron chi connectivity index (χ2n) is 4.73. The van der Waals surface area contributed by atoms with Crippen molar-refractivity contribution in [1.82, 2.24) is 15.3 Å². The van der Waals surface area contributed by atoms with Crippen LogP contribution >= 0.6 is 11.8 Å². The minimum atomic E-state index is -0.608. The van der Waals surface area contributed by atoms with Crippen molar-refractivity contribution in [2.45, 2.75) is 43.8 Å². The molecule has 1 heterocycles. The molecule has 6 heteroatoms. The molecule has 0 amide bonds. The van der Waals surface area contributed by atoms with Gasteiger partial charge in [0.1, 0.15) is 5.54 Å². The van der Waals surface area contributed by atoms with E-state index in [1.807, 2.05) is 6.92 Å². The molecule has 1 aromatic rings. The number of carbonyl (C=O) groups is 1. The van der Waals surface area contributed by atoms with Crippen LogP contribution < -0.4 is 5.32 Å². The zero-order valence-electron chi connectivity index (χ0n) is 12.4. The number of aromatic nitrogens is 2. The third-order valence-corrected chi connectivity index (χ3v) is 3.96. The lowest BCUT2D eigenvalue weighted by Gasteiger charge is -2.27. The fourth-order valence-corrected chi connectivity index (χ4v) is 2.58. The molecule has 1 N–H and O–H groups in total. The summed E-state index contributed by atoms with van der Waals surface area (Å²) < 4.78 is 4.89. The Morgan fingerprint density at radius 1 is 1.45 bits per heavy atom. The van der Waals surface area contributed by atoms with E-state index in [1.165, 1.54) is 7.11 Å². The van der Waals surface area contributed by atoms with E-state index in [0.717, 1.165) is 36.7 Å². The quantitative estimate of drug-likeness (QED) is 0.326. The van der Waals surface area contributed by atoms with Gasteiger partial charge in [0.05, 0.1) is 7.11 Å². The van der Waals surface area contributed by atoms with Crippen LogP contribution in [0.4, 0.5) is 0 Å². The molecule has 0 saturated heterocycles. The number of thioether (sulfide) groups is 1. The number of nitrogens with one attached hydrogen (secondary N) is 1. The lowest BCUT2D eigenvalue weighted by atomic mass is 9.96. The van der Waals surface area contributed by atoms with Crippen LogP contribution in [0, 0.1) is 0 Å². The average Bonchev–Trinajstić information content (AvgIpc) is 2.49. The third-order valence-electron chi connectivity index (χ3n) is 3.00. The summed E-state index contributed by atoms with van der Waals surface area (Å²) in [6.45, 7) is 4.78. The fourth-order valence-electron chi connectivity index (χ4n) is 1.84. The minimum absolute atomic E-state index is 0.202. The van der Waals surface area contributed by atoms with E-state index in [0.29, 0.717) is 0 Å². The summed E-state index contributed by atoms with van der Waals surface area (Å²) in [6.07, 6.45) is 6.08. The fraction of sp³-hybridized carbons (Fsp3) is 0.643. The number of hydrogen-bond donors (Lipinski definition) is 1. The summed E-state index contributed by atoms with van der Waals surface area (Å²) in [5.41, 5.74) is -0.608. The summed E-state index contributed by atoms with van der Waals surface area (Å²) in [5, 5.41) is 4.05. The highest BCUT2D eigenvalue weighted by molar-refractivity contribution is 7.99. The predicted octanol–water partition coefficient (Wildman–Crippen LogP) is 2.28. The van der Waals surface area contributed by atoms with E-state index in [1.54, 1.807) is 30.2 Å². The van der Waals surface area contributed by atoms with E-state index in [9.17, 15) is 4.79 Å². The van der Waals surface area contributed by atoms with E-state index < -0.39 is 5.54 Å². The Balaban J connectivity index is 2.40. The van der Waals surface area contributed by atoms with E-state index in [-0.39, 0.29) is 5.97 Å². The molecule has 0 spiro atoms. The molecule has 5 nitrogen and oxygen atoms in total. The summed E-state index contributed by atoms with van der Waals surface area (Å²) in [6, 6.07) is 1.80. The molecule has 0 aliphatic heterocycles. The maximum absolute atomic E-state index is 11.9. The Morgan fingerprint density at radius 3 is 2.75 bits per heavy atom. The lowest BCUT2D eigenvalue weighted by molar-refractivity contribution is -0.148. The number of hydrogen-bond acceptors (Lipinski definition) is 6. The smallest absolute Gasteiger partial charge is 0.325 e. The van der Waals surface area contributed by atoms with Gasteiger partial charge in [0.25, 0.3) is 0 Å². The highest BCUT2D eigenvalue weighted by Crippen LogP contribution is 2.19. The SMILES string of the molecule is CCCNC(C)(CCCSc1ncccn1)C(=O)OC. The number of nitrogens with zero attached hydrogens (tertiary/aromatic N) is 2. The van der Waals surface area contributed by atoms with E-state index in [4.69, 9.17) is 4.74 Å². The summed E-state index contributed by atoms with van der Waals surface area (Å²) in [5.74, 6) is 0.677. The van der Waals surface area contributed by atoms with Crippen LogP contribution in [0.5, 0.6) is 0 Å². The van der Waals surface area contributed by atoms with Gasteiger partial charge < -0.3 is 10.1 Å². The molecule has 0 saturated carbocycles. The number of esters is 1. The average molecular weight is 297 g/mol. The van der Waals surface area contributed by atoms with Crippen molar-refractivity contribution < 1.29 is 9.53 Å². The van der Waals surface area contributed by atoms with Crippen molar-refractivity contribution in [1.29, 1.82) is 0 Å². The first-order valence-corrected chi connectivity index (χ1v) is 7.84.